The van der Waals surface area contributed by atoms with Gasteiger partial charge in [-0.2, -0.15) is 0 Å². The Labute approximate surface area is 91.7 Å². The first-order valence-electron chi connectivity index (χ1n) is 4.66. The lowest BCUT2D eigenvalue weighted by Crippen LogP contribution is -2.50. The molecule has 0 aliphatic carbocycles. The zero-order chi connectivity index (χ0) is 12.3. The molecule has 5 N–H and O–H groups in total. The van der Waals surface area contributed by atoms with E-state index in [0.29, 0.717) is 0 Å². The van der Waals surface area contributed by atoms with Crippen LogP contribution in [0.3, 0.4) is 0 Å². The molecule has 9 heteroatoms. The number of phosphoric ester groups is 1. The SMILES string of the molecule is O=P(O)(O)OC[C@H]1O[C@@H](CO)C[C@@H](O)[C@@H]1O. The van der Waals surface area contributed by atoms with Crippen LogP contribution in [-0.4, -0.2) is 62.7 Å². The van der Waals surface area contributed by atoms with Crippen LogP contribution in [0.25, 0.3) is 0 Å². The van der Waals surface area contributed by atoms with Gasteiger partial charge in [-0.1, -0.05) is 0 Å². The van der Waals surface area contributed by atoms with E-state index in [0.717, 1.165) is 0 Å². The van der Waals surface area contributed by atoms with E-state index in [1.165, 1.54) is 0 Å². The van der Waals surface area contributed by atoms with E-state index in [9.17, 15) is 14.8 Å². The molecule has 0 aromatic rings. The van der Waals surface area contributed by atoms with Crippen molar-refractivity contribution in [2.24, 2.45) is 0 Å². The van der Waals surface area contributed by atoms with Gasteiger partial charge >= 0.3 is 7.82 Å². The Bertz CT molecular complexity index is 265. The molecular formula is C7H15O8P. The van der Waals surface area contributed by atoms with E-state index in [1.807, 2.05) is 0 Å². The molecule has 0 amide bonds. The molecule has 1 aliphatic rings. The Morgan fingerprint density at radius 2 is 2.00 bits per heavy atom. The fourth-order valence-corrected chi connectivity index (χ4v) is 1.81. The highest BCUT2D eigenvalue weighted by atomic mass is 31.2. The van der Waals surface area contributed by atoms with Crippen molar-refractivity contribution in [2.75, 3.05) is 13.2 Å². The average Bonchev–Trinajstić information content (AvgIpc) is 2.18. The van der Waals surface area contributed by atoms with E-state index < -0.39 is 38.8 Å². The highest BCUT2D eigenvalue weighted by Crippen LogP contribution is 2.36. The summed E-state index contributed by atoms with van der Waals surface area (Å²) in [6.45, 7) is -0.908. The second-order valence-electron chi connectivity index (χ2n) is 3.56. The van der Waals surface area contributed by atoms with Crippen molar-refractivity contribution in [3.05, 3.63) is 0 Å². The number of phosphoric acid groups is 1. The molecule has 1 fully saturated rings. The number of rotatable bonds is 4. The second kappa shape index (κ2) is 5.52. The molecule has 4 atom stereocenters. The molecule has 1 saturated heterocycles. The third kappa shape index (κ3) is 4.08. The summed E-state index contributed by atoms with van der Waals surface area (Å²) in [5.74, 6) is 0. The van der Waals surface area contributed by atoms with Gasteiger partial charge in [0.1, 0.15) is 12.2 Å². The van der Waals surface area contributed by atoms with E-state index in [1.54, 1.807) is 0 Å². The molecule has 1 aliphatic heterocycles. The van der Waals surface area contributed by atoms with Crippen molar-refractivity contribution in [2.45, 2.75) is 30.8 Å². The molecule has 1 heterocycles. The molecule has 0 unspecified atom stereocenters. The van der Waals surface area contributed by atoms with Crippen molar-refractivity contribution in [3.63, 3.8) is 0 Å². The van der Waals surface area contributed by atoms with Crippen LogP contribution in [0.15, 0.2) is 0 Å². The molecule has 1 rings (SSSR count). The first-order chi connectivity index (χ1) is 7.33. The number of aliphatic hydroxyl groups excluding tert-OH is 3. The zero-order valence-corrected chi connectivity index (χ0v) is 9.23. The number of hydrogen-bond acceptors (Lipinski definition) is 6. The lowest BCUT2D eigenvalue weighted by molar-refractivity contribution is -0.185. The lowest BCUT2D eigenvalue weighted by atomic mass is 9.98. The van der Waals surface area contributed by atoms with E-state index in [2.05, 4.69) is 4.52 Å². The van der Waals surface area contributed by atoms with Crippen LogP contribution < -0.4 is 0 Å². The third-order valence-corrected chi connectivity index (χ3v) is 2.74. The van der Waals surface area contributed by atoms with Crippen molar-refractivity contribution in [1.82, 2.24) is 0 Å². The summed E-state index contributed by atoms with van der Waals surface area (Å²) < 4.78 is 19.7. The molecule has 0 aromatic heterocycles. The normalized spacial score (nSPS) is 36.3. The molecule has 96 valence electrons. The van der Waals surface area contributed by atoms with Gasteiger partial charge < -0.3 is 29.8 Å². The Morgan fingerprint density at radius 3 is 2.50 bits per heavy atom. The van der Waals surface area contributed by atoms with E-state index >= 15 is 0 Å². The molecule has 0 radical (unpaired) electrons. The number of ether oxygens (including phenoxy) is 1. The topological polar surface area (TPSA) is 137 Å². The van der Waals surface area contributed by atoms with Gasteiger partial charge in [-0.05, 0) is 0 Å². The van der Waals surface area contributed by atoms with E-state index in [4.69, 9.17) is 19.6 Å². The lowest BCUT2D eigenvalue weighted by Gasteiger charge is -2.36. The van der Waals surface area contributed by atoms with Crippen LogP contribution in [-0.2, 0) is 13.8 Å². The van der Waals surface area contributed by atoms with Gasteiger partial charge in [-0.15, -0.1) is 0 Å². The summed E-state index contributed by atoms with van der Waals surface area (Å²) in [4.78, 5) is 16.9. The van der Waals surface area contributed by atoms with Crippen LogP contribution in [0.1, 0.15) is 6.42 Å². The maximum atomic E-state index is 10.4. The first kappa shape index (κ1) is 14.0. The van der Waals surface area contributed by atoms with Crippen LogP contribution in [0.2, 0.25) is 0 Å². The smallest absolute Gasteiger partial charge is 0.394 e. The number of hydrogen-bond donors (Lipinski definition) is 5. The fourth-order valence-electron chi connectivity index (χ4n) is 1.47. The summed E-state index contributed by atoms with van der Waals surface area (Å²) in [7, 11) is -4.64. The second-order valence-corrected chi connectivity index (χ2v) is 4.80. The quantitative estimate of drug-likeness (QED) is 0.364. The monoisotopic (exact) mass is 258 g/mol. The largest absolute Gasteiger partial charge is 0.469 e. The molecule has 0 saturated carbocycles. The minimum absolute atomic E-state index is 0.0596. The number of aliphatic hydroxyl groups is 3. The van der Waals surface area contributed by atoms with Crippen LogP contribution in [0.4, 0.5) is 0 Å². The molecular weight excluding hydrogens is 243 g/mol. The average molecular weight is 258 g/mol. The summed E-state index contributed by atoms with van der Waals surface area (Å²) >= 11 is 0. The Balaban J connectivity index is 2.52. The van der Waals surface area contributed by atoms with Gasteiger partial charge in [0.2, 0.25) is 0 Å². The Hall–Kier alpha value is -0.0500. The zero-order valence-electron chi connectivity index (χ0n) is 8.34. The molecule has 16 heavy (non-hydrogen) atoms. The first-order valence-corrected chi connectivity index (χ1v) is 6.19. The minimum atomic E-state index is -4.64. The highest BCUT2D eigenvalue weighted by molar-refractivity contribution is 7.46. The van der Waals surface area contributed by atoms with Gasteiger partial charge in [0.15, 0.2) is 0 Å². The molecule has 0 bridgehead atoms. The summed E-state index contributed by atoms with van der Waals surface area (Å²) in [6, 6.07) is 0. The van der Waals surface area contributed by atoms with Crippen LogP contribution in [0, 0.1) is 0 Å². The molecule has 0 aromatic carbocycles. The van der Waals surface area contributed by atoms with Crippen molar-refractivity contribution in [1.29, 1.82) is 0 Å². The fraction of sp³-hybridized carbons (Fsp3) is 1.00. The van der Waals surface area contributed by atoms with Crippen molar-refractivity contribution >= 4 is 7.82 Å². The standard InChI is InChI=1S/C7H15O8P/c8-2-4-1-5(9)7(10)6(15-4)3-14-16(11,12)13/h4-10H,1-3H2,(H2,11,12,13)/t4-,5-,6-,7+/m1/s1. The summed E-state index contributed by atoms with van der Waals surface area (Å²) in [5.41, 5.74) is 0. The summed E-state index contributed by atoms with van der Waals surface area (Å²) in [5, 5.41) is 27.7. The van der Waals surface area contributed by atoms with E-state index in [-0.39, 0.29) is 13.0 Å². The predicted octanol–water partition coefficient (Wildman–Crippen LogP) is -2.03. The molecule has 8 nitrogen and oxygen atoms in total. The van der Waals surface area contributed by atoms with Crippen molar-refractivity contribution < 1.29 is 38.9 Å². The maximum Gasteiger partial charge on any atom is 0.469 e. The van der Waals surface area contributed by atoms with Crippen molar-refractivity contribution in [3.8, 4) is 0 Å². The minimum Gasteiger partial charge on any atom is -0.394 e. The predicted molar refractivity (Wildman–Crippen MR) is 50.4 cm³/mol. The van der Waals surface area contributed by atoms with Gasteiger partial charge in [-0.25, -0.2) is 4.57 Å². The highest BCUT2D eigenvalue weighted by Gasteiger charge is 2.37. The summed E-state index contributed by atoms with van der Waals surface area (Å²) in [6.07, 6.45) is -4.10. The van der Waals surface area contributed by atoms with Crippen LogP contribution >= 0.6 is 7.82 Å². The van der Waals surface area contributed by atoms with Gasteiger partial charge in [0.05, 0.1) is 25.4 Å². The molecule has 0 spiro atoms. The third-order valence-electron chi connectivity index (χ3n) is 2.26. The van der Waals surface area contributed by atoms with Gasteiger partial charge in [-0.3, -0.25) is 4.52 Å². The van der Waals surface area contributed by atoms with Gasteiger partial charge in [0.25, 0.3) is 0 Å². The Kier molecular flexibility index (Phi) is 4.84. The van der Waals surface area contributed by atoms with Gasteiger partial charge in [0, 0.05) is 6.42 Å². The maximum absolute atomic E-state index is 10.4. The Morgan fingerprint density at radius 1 is 1.38 bits per heavy atom. The van der Waals surface area contributed by atoms with Crippen LogP contribution in [0.5, 0.6) is 0 Å².